The van der Waals surface area contributed by atoms with E-state index in [0.29, 0.717) is 21.9 Å². The first kappa shape index (κ1) is 22.0. The quantitative estimate of drug-likeness (QED) is 0.566. The number of hydrogen-bond donors (Lipinski definition) is 2. The normalized spacial score (nSPS) is 12.3. The molecule has 2 aromatic carbocycles. The molecule has 0 spiro atoms. The van der Waals surface area contributed by atoms with Crippen LogP contribution in [0.15, 0.2) is 71.5 Å². The average molecular weight is 416 g/mol. The van der Waals surface area contributed by atoms with Gasteiger partial charge in [0.2, 0.25) is 0 Å². The van der Waals surface area contributed by atoms with Crippen LogP contribution in [0, 0.1) is 0 Å². The van der Waals surface area contributed by atoms with E-state index in [0.717, 1.165) is 0 Å². The van der Waals surface area contributed by atoms with Gasteiger partial charge in [-0.3, -0.25) is 4.57 Å². The van der Waals surface area contributed by atoms with E-state index < -0.39 is 26.0 Å². The summed E-state index contributed by atoms with van der Waals surface area (Å²) in [6.45, 7) is 0. The van der Waals surface area contributed by atoms with Gasteiger partial charge in [0.1, 0.15) is 0 Å². The van der Waals surface area contributed by atoms with Crippen molar-refractivity contribution >= 4 is 38.1 Å². The minimum absolute atomic E-state index is 0.605. The predicted octanol–water partition coefficient (Wildman–Crippen LogP) is 2.43. The van der Waals surface area contributed by atoms with Crippen molar-refractivity contribution in [3.8, 4) is 0 Å². The number of rotatable bonds is 5. The Morgan fingerprint density at radius 1 is 0.654 bits per heavy atom. The molecule has 0 aromatic heterocycles. The lowest BCUT2D eigenvalue weighted by Crippen LogP contribution is -2.09. The smallest absolute Gasteiger partial charge is 0.314 e. The van der Waals surface area contributed by atoms with E-state index in [-0.39, 0.29) is 0 Å². The maximum absolute atomic E-state index is 11.9. The molecule has 0 aliphatic carbocycles. The molecule has 0 saturated heterocycles. The van der Waals surface area contributed by atoms with Crippen LogP contribution in [0.4, 0.5) is 0 Å². The highest BCUT2D eigenvalue weighted by atomic mass is 33.2. The van der Waals surface area contributed by atoms with Crippen molar-refractivity contribution in [2.24, 2.45) is 0 Å². The van der Waals surface area contributed by atoms with Crippen LogP contribution >= 0.6 is 8.25 Å². The molecule has 0 bridgehead atoms. The molecule has 2 rings (SSSR count). The van der Waals surface area contributed by atoms with Crippen LogP contribution in [0.2, 0.25) is 0 Å². The van der Waals surface area contributed by atoms with E-state index >= 15 is 0 Å². The summed E-state index contributed by atoms with van der Waals surface area (Å²) < 4.78 is 56.4. The third kappa shape index (κ3) is 7.90. The number of benzene rings is 2. The van der Waals surface area contributed by atoms with Gasteiger partial charge >= 0.3 is 8.25 Å². The zero-order valence-electron chi connectivity index (χ0n) is 13.3. The molecule has 26 heavy (non-hydrogen) atoms. The monoisotopic (exact) mass is 416 g/mol. The first-order valence-corrected chi connectivity index (χ1v) is 11.9. The van der Waals surface area contributed by atoms with E-state index in [2.05, 4.69) is 0 Å². The SMILES string of the molecule is O=S(=O)(C=Cc1ccccc1)S(=O)(=O)C=Cc1ccccc1.O=[PH](O)O. The Hall–Kier alpha value is -2.03. The summed E-state index contributed by atoms with van der Waals surface area (Å²) in [6, 6.07) is 17.2. The van der Waals surface area contributed by atoms with E-state index in [1.165, 1.54) is 12.2 Å². The Labute approximate surface area is 152 Å². The van der Waals surface area contributed by atoms with Crippen molar-refractivity contribution in [2.75, 3.05) is 0 Å². The van der Waals surface area contributed by atoms with Gasteiger partial charge in [-0.1, -0.05) is 60.7 Å². The van der Waals surface area contributed by atoms with Gasteiger partial charge in [-0.15, -0.1) is 0 Å². The summed E-state index contributed by atoms with van der Waals surface area (Å²) in [6.07, 6.45) is 2.51. The molecule has 2 N–H and O–H groups in total. The minimum Gasteiger partial charge on any atom is -0.326 e. The molecule has 0 aliphatic heterocycles. The zero-order chi connectivity index (χ0) is 19.6. The molecule has 0 heterocycles. The highest BCUT2D eigenvalue weighted by Gasteiger charge is 2.23. The standard InChI is InChI=1S/C16H14O4S2.H3O3P/c17-21(18,13-11-15-7-3-1-4-8-15)22(19,20)14-12-16-9-5-2-6-10-16;1-4(2)3/h1-14H;4H,(H2,1,2,3). The van der Waals surface area contributed by atoms with Crippen molar-refractivity contribution in [3.63, 3.8) is 0 Å². The summed E-state index contributed by atoms with van der Waals surface area (Å²) in [5.74, 6) is 0. The van der Waals surface area contributed by atoms with Crippen LogP contribution in [0.1, 0.15) is 11.1 Å². The van der Waals surface area contributed by atoms with Gasteiger partial charge in [0.05, 0.1) is 0 Å². The van der Waals surface area contributed by atoms with Gasteiger partial charge in [-0.05, 0) is 23.3 Å². The van der Waals surface area contributed by atoms with Crippen molar-refractivity contribution in [1.29, 1.82) is 0 Å². The van der Waals surface area contributed by atoms with Crippen molar-refractivity contribution in [1.82, 2.24) is 0 Å². The van der Waals surface area contributed by atoms with Gasteiger partial charge in [0.25, 0.3) is 17.7 Å². The van der Waals surface area contributed by atoms with E-state index in [9.17, 15) is 16.8 Å². The summed E-state index contributed by atoms with van der Waals surface area (Å²) in [4.78, 5) is 14.3. The molecule has 0 radical (unpaired) electrons. The summed E-state index contributed by atoms with van der Waals surface area (Å²) >= 11 is 0. The summed E-state index contributed by atoms with van der Waals surface area (Å²) in [7, 11) is -12.0. The van der Waals surface area contributed by atoms with Crippen LogP contribution < -0.4 is 0 Å². The molecule has 0 atom stereocenters. The molecule has 0 fully saturated rings. The Bertz CT molecular complexity index is 900. The van der Waals surface area contributed by atoms with Crippen LogP contribution in [-0.4, -0.2) is 26.6 Å². The third-order valence-electron chi connectivity index (χ3n) is 2.78. The van der Waals surface area contributed by atoms with Crippen LogP contribution in [0.3, 0.4) is 0 Å². The maximum Gasteiger partial charge on any atom is 0.314 e. The van der Waals surface area contributed by atoms with E-state index in [1.54, 1.807) is 60.7 Å². The second-order valence-electron chi connectivity index (χ2n) is 4.70. The van der Waals surface area contributed by atoms with E-state index in [4.69, 9.17) is 14.4 Å². The third-order valence-corrected chi connectivity index (χ3v) is 6.97. The Morgan fingerprint density at radius 2 is 0.923 bits per heavy atom. The Kier molecular flexibility index (Phi) is 8.64. The topological polar surface area (TPSA) is 126 Å². The number of hydrogen-bond acceptors (Lipinski definition) is 5. The van der Waals surface area contributed by atoms with Gasteiger partial charge in [0.15, 0.2) is 0 Å². The minimum atomic E-state index is -4.42. The van der Waals surface area contributed by atoms with Gasteiger partial charge < -0.3 is 9.79 Å². The molecule has 140 valence electrons. The summed E-state index contributed by atoms with van der Waals surface area (Å²) in [5.41, 5.74) is 1.21. The average Bonchev–Trinajstić information content (AvgIpc) is 2.59. The van der Waals surface area contributed by atoms with E-state index in [1.807, 2.05) is 0 Å². The summed E-state index contributed by atoms with van der Waals surface area (Å²) in [5, 5.41) is 1.40. The molecule has 0 saturated carbocycles. The largest absolute Gasteiger partial charge is 0.326 e. The molecule has 0 amide bonds. The lowest BCUT2D eigenvalue weighted by Gasteiger charge is -1.97. The van der Waals surface area contributed by atoms with Crippen LogP contribution in [0.25, 0.3) is 12.2 Å². The first-order valence-electron chi connectivity index (χ1n) is 7.02. The van der Waals surface area contributed by atoms with Crippen molar-refractivity contribution in [3.05, 3.63) is 82.6 Å². The first-order chi connectivity index (χ1) is 12.1. The molecular formula is C16H17O7PS2. The lowest BCUT2D eigenvalue weighted by atomic mass is 10.2. The highest BCUT2D eigenvalue weighted by molar-refractivity contribution is 8.69. The van der Waals surface area contributed by atoms with Crippen molar-refractivity contribution in [2.45, 2.75) is 0 Å². The zero-order valence-corrected chi connectivity index (χ0v) is 16.0. The molecule has 2 aromatic rings. The van der Waals surface area contributed by atoms with Crippen molar-refractivity contribution < 1.29 is 31.2 Å². The van der Waals surface area contributed by atoms with Gasteiger partial charge in [-0.25, -0.2) is 16.8 Å². The Balaban J connectivity index is 0.000000765. The fourth-order valence-corrected chi connectivity index (χ4v) is 3.83. The van der Waals surface area contributed by atoms with Gasteiger partial charge in [-0.2, -0.15) is 0 Å². The van der Waals surface area contributed by atoms with Crippen LogP contribution in [-0.2, 0) is 22.3 Å². The fourth-order valence-electron chi connectivity index (χ4n) is 1.61. The van der Waals surface area contributed by atoms with Crippen LogP contribution in [0.5, 0.6) is 0 Å². The maximum atomic E-state index is 11.9. The molecular weight excluding hydrogens is 399 g/mol. The van der Waals surface area contributed by atoms with Gasteiger partial charge in [0, 0.05) is 10.8 Å². The second kappa shape index (κ2) is 10.2. The fraction of sp³-hybridized carbons (Fsp3) is 0. The Morgan fingerprint density at radius 3 is 1.19 bits per heavy atom. The second-order valence-corrected chi connectivity index (χ2v) is 10.6. The molecule has 0 unspecified atom stereocenters. The molecule has 0 aliphatic rings. The predicted molar refractivity (Wildman–Crippen MR) is 102 cm³/mol. The highest BCUT2D eigenvalue weighted by Crippen LogP contribution is 2.13. The molecule has 7 nitrogen and oxygen atoms in total. The lowest BCUT2D eigenvalue weighted by molar-refractivity contribution is 0.405. The molecule has 10 heteroatoms.